The van der Waals surface area contributed by atoms with Gasteiger partial charge in [0.05, 0.1) is 21.4 Å². The van der Waals surface area contributed by atoms with Crippen molar-refractivity contribution >= 4 is 103 Å². The maximum atomic E-state index is 6.71. The Morgan fingerprint density at radius 3 is 1.98 bits per heavy atom. The molecule has 0 radical (unpaired) electrons. The molecule has 0 aliphatic rings. The zero-order valence-electron chi connectivity index (χ0n) is 30.2. The molecule has 0 N–H and O–H groups in total. The van der Waals surface area contributed by atoms with Gasteiger partial charge in [0.25, 0.3) is 0 Å². The van der Waals surface area contributed by atoms with Crippen molar-refractivity contribution in [1.29, 1.82) is 0 Å². The van der Waals surface area contributed by atoms with Gasteiger partial charge < -0.3 is 13.9 Å². The number of rotatable bonds is 5. The minimum atomic E-state index is 0.883. The van der Waals surface area contributed by atoms with Gasteiger partial charge in [-0.1, -0.05) is 127 Å². The first kappa shape index (κ1) is 31.2. The van der Waals surface area contributed by atoms with Crippen LogP contribution in [0.15, 0.2) is 199 Å². The normalized spacial score (nSPS) is 11.9. The molecular formula is C52H32N2OS. The number of hydrogen-bond donors (Lipinski definition) is 0. The van der Waals surface area contributed by atoms with E-state index in [0.717, 1.165) is 50.0 Å². The van der Waals surface area contributed by atoms with Gasteiger partial charge in [-0.15, -0.1) is 11.3 Å². The van der Waals surface area contributed by atoms with Crippen molar-refractivity contribution in [3.05, 3.63) is 194 Å². The maximum absolute atomic E-state index is 6.71. The van der Waals surface area contributed by atoms with Crippen molar-refractivity contribution < 1.29 is 4.42 Å². The summed E-state index contributed by atoms with van der Waals surface area (Å²) in [6.07, 6.45) is 0. The summed E-state index contributed by atoms with van der Waals surface area (Å²) in [7, 11) is 0. The monoisotopic (exact) mass is 732 g/mol. The third-order valence-electron chi connectivity index (χ3n) is 11.4. The molecule has 262 valence electrons. The van der Waals surface area contributed by atoms with Crippen LogP contribution in [0.3, 0.4) is 0 Å². The van der Waals surface area contributed by atoms with Crippen LogP contribution in [0.4, 0.5) is 17.1 Å². The number of thiophene rings is 1. The van der Waals surface area contributed by atoms with Gasteiger partial charge in [-0.2, -0.15) is 0 Å². The number of benzene rings is 9. The Morgan fingerprint density at radius 1 is 0.446 bits per heavy atom. The number of aromatic nitrogens is 1. The predicted molar refractivity (Wildman–Crippen MR) is 239 cm³/mol. The van der Waals surface area contributed by atoms with Crippen LogP contribution in [0, 0.1) is 0 Å². The molecule has 56 heavy (non-hydrogen) atoms. The highest BCUT2D eigenvalue weighted by Gasteiger charge is 2.24. The Kier molecular flexibility index (Phi) is 6.80. The van der Waals surface area contributed by atoms with Gasteiger partial charge in [-0.3, -0.25) is 0 Å². The summed E-state index contributed by atoms with van der Waals surface area (Å²) in [6.45, 7) is 0. The Labute approximate surface area is 326 Å². The van der Waals surface area contributed by atoms with Gasteiger partial charge >= 0.3 is 0 Å². The van der Waals surface area contributed by atoms with E-state index in [0.29, 0.717) is 0 Å². The first-order valence-electron chi connectivity index (χ1n) is 19.0. The Hall–Kier alpha value is -7.14. The van der Waals surface area contributed by atoms with Crippen molar-refractivity contribution in [2.45, 2.75) is 0 Å². The van der Waals surface area contributed by atoms with Crippen LogP contribution in [-0.2, 0) is 0 Å². The van der Waals surface area contributed by atoms with Gasteiger partial charge in [0, 0.05) is 65.7 Å². The summed E-state index contributed by atoms with van der Waals surface area (Å²) >= 11 is 1.86. The van der Waals surface area contributed by atoms with Crippen LogP contribution in [-0.4, -0.2) is 4.57 Å². The van der Waals surface area contributed by atoms with E-state index in [9.17, 15) is 0 Å². The largest absolute Gasteiger partial charge is 0.456 e. The lowest BCUT2D eigenvalue weighted by atomic mass is 9.91. The van der Waals surface area contributed by atoms with E-state index in [2.05, 4.69) is 204 Å². The standard InChI is InChI=1S/C52H32N2OS/c1-2-16-34(17-3-1)53(44-25-13-23-40-38-19-8-11-27-48(38)56-52(40)44)35-28-30-36(31-29-35)54-43-24-9-6-20-41(43)49-45(54)32-47-50(42-21-7-10-26-46(42)55-47)51(49)39-22-12-15-33-14-4-5-18-37(33)39/h1-32H. The van der Waals surface area contributed by atoms with Crippen molar-refractivity contribution in [3.63, 3.8) is 0 Å². The summed E-state index contributed by atoms with van der Waals surface area (Å²) in [4.78, 5) is 2.39. The highest BCUT2D eigenvalue weighted by molar-refractivity contribution is 7.26. The average Bonchev–Trinajstić information content (AvgIpc) is 3.93. The third-order valence-corrected chi connectivity index (χ3v) is 12.6. The highest BCUT2D eigenvalue weighted by atomic mass is 32.1. The molecule has 0 bridgehead atoms. The SMILES string of the molecule is c1ccc(N(c2ccc(-n3c4ccccc4c4c(-c5cccc6ccccc56)c5c(cc43)oc3ccccc35)cc2)c2cccc3c2sc2ccccc23)cc1. The Bertz CT molecular complexity index is 3480. The van der Waals surface area contributed by atoms with Gasteiger partial charge in [-0.25, -0.2) is 0 Å². The molecule has 0 saturated heterocycles. The van der Waals surface area contributed by atoms with E-state index in [-0.39, 0.29) is 0 Å². The van der Waals surface area contributed by atoms with Crippen LogP contribution in [0.5, 0.6) is 0 Å². The van der Waals surface area contributed by atoms with E-state index in [4.69, 9.17) is 4.42 Å². The topological polar surface area (TPSA) is 21.3 Å². The third kappa shape index (κ3) is 4.57. The molecule has 0 spiro atoms. The van der Waals surface area contributed by atoms with Crippen LogP contribution >= 0.6 is 11.3 Å². The fraction of sp³-hybridized carbons (Fsp3) is 0. The molecule has 3 heterocycles. The van der Waals surface area contributed by atoms with Crippen molar-refractivity contribution in [2.24, 2.45) is 0 Å². The van der Waals surface area contributed by atoms with Crippen LogP contribution in [0.2, 0.25) is 0 Å². The fourth-order valence-electron chi connectivity index (χ4n) is 8.99. The smallest absolute Gasteiger partial charge is 0.138 e. The lowest BCUT2D eigenvalue weighted by Crippen LogP contribution is -2.10. The molecule has 0 saturated carbocycles. The molecule has 12 aromatic rings. The zero-order valence-corrected chi connectivity index (χ0v) is 31.0. The highest BCUT2D eigenvalue weighted by Crippen LogP contribution is 2.49. The summed E-state index contributed by atoms with van der Waals surface area (Å²) in [5.41, 5.74) is 10.9. The van der Waals surface area contributed by atoms with Crippen LogP contribution < -0.4 is 4.90 Å². The van der Waals surface area contributed by atoms with E-state index in [1.165, 1.54) is 58.5 Å². The molecule has 0 unspecified atom stereocenters. The average molecular weight is 733 g/mol. The van der Waals surface area contributed by atoms with E-state index < -0.39 is 0 Å². The van der Waals surface area contributed by atoms with Gasteiger partial charge in [0.2, 0.25) is 0 Å². The Morgan fingerprint density at radius 2 is 1.11 bits per heavy atom. The molecule has 0 aliphatic heterocycles. The second kappa shape index (κ2) is 12.2. The summed E-state index contributed by atoms with van der Waals surface area (Å²) in [5.74, 6) is 0. The number of hydrogen-bond acceptors (Lipinski definition) is 3. The summed E-state index contributed by atoms with van der Waals surface area (Å²) in [6, 6.07) is 70.0. The molecule has 0 amide bonds. The lowest BCUT2D eigenvalue weighted by Gasteiger charge is -2.26. The molecule has 12 rings (SSSR count). The molecule has 0 fully saturated rings. The molecule has 4 heteroatoms. The first-order valence-corrected chi connectivity index (χ1v) is 19.8. The van der Waals surface area contributed by atoms with E-state index in [1.807, 2.05) is 11.3 Å². The van der Waals surface area contributed by atoms with E-state index in [1.54, 1.807) is 0 Å². The van der Waals surface area contributed by atoms with E-state index >= 15 is 0 Å². The molecule has 3 nitrogen and oxygen atoms in total. The number of furan rings is 1. The maximum Gasteiger partial charge on any atom is 0.138 e. The summed E-state index contributed by atoms with van der Waals surface area (Å²) in [5, 5.41) is 9.74. The van der Waals surface area contributed by atoms with Gasteiger partial charge in [0.1, 0.15) is 11.2 Å². The number of anilines is 3. The molecule has 0 aliphatic carbocycles. The van der Waals surface area contributed by atoms with Crippen molar-refractivity contribution in [1.82, 2.24) is 4.57 Å². The number of para-hydroxylation sites is 3. The van der Waals surface area contributed by atoms with Crippen LogP contribution in [0.1, 0.15) is 0 Å². The fourth-order valence-corrected chi connectivity index (χ4v) is 10.2. The zero-order chi connectivity index (χ0) is 36.7. The number of nitrogens with zero attached hydrogens (tertiary/aromatic N) is 2. The Balaban J connectivity index is 1.11. The van der Waals surface area contributed by atoms with Gasteiger partial charge in [-0.05, 0) is 77.0 Å². The summed E-state index contributed by atoms with van der Waals surface area (Å²) < 4.78 is 11.7. The molecule has 0 atom stereocenters. The molecule has 9 aromatic carbocycles. The minimum Gasteiger partial charge on any atom is -0.456 e. The lowest BCUT2D eigenvalue weighted by molar-refractivity contribution is 0.669. The predicted octanol–water partition coefficient (Wildman–Crippen LogP) is 15.3. The van der Waals surface area contributed by atoms with Crippen molar-refractivity contribution in [3.8, 4) is 16.8 Å². The quantitative estimate of drug-likeness (QED) is 0.176. The number of fused-ring (bicyclic) bond motifs is 10. The first-order chi connectivity index (χ1) is 27.8. The van der Waals surface area contributed by atoms with Crippen molar-refractivity contribution in [2.75, 3.05) is 4.90 Å². The minimum absolute atomic E-state index is 0.883. The second-order valence-corrected chi connectivity index (χ2v) is 15.5. The van der Waals surface area contributed by atoms with Gasteiger partial charge in [0.15, 0.2) is 0 Å². The molecular weight excluding hydrogens is 701 g/mol. The second-order valence-electron chi connectivity index (χ2n) is 14.4. The van der Waals surface area contributed by atoms with Crippen LogP contribution in [0.25, 0.3) is 91.5 Å². The molecule has 3 aromatic heterocycles.